The molecule has 184 valence electrons. The molecule has 35 heavy (non-hydrogen) atoms. The number of fused-ring (bicyclic) bond motifs is 1. The Balaban J connectivity index is 1.55. The van der Waals surface area contributed by atoms with E-state index < -0.39 is 29.3 Å². The van der Waals surface area contributed by atoms with Crippen molar-refractivity contribution in [1.82, 2.24) is 15.2 Å². The minimum absolute atomic E-state index is 0.0840. The lowest BCUT2D eigenvalue weighted by Gasteiger charge is -2.40. The van der Waals surface area contributed by atoms with Crippen LogP contribution >= 0.6 is 15.9 Å². The first-order valence-electron chi connectivity index (χ1n) is 11.3. The first-order chi connectivity index (χ1) is 16.7. The molecule has 8 nitrogen and oxygen atoms in total. The third-order valence-electron chi connectivity index (χ3n) is 6.58. The average Bonchev–Trinajstić information content (AvgIpc) is 3.06. The highest BCUT2D eigenvalue weighted by molar-refractivity contribution is 9.10. The molecule has 2 aliphatic rings. The van der Waals surface area contributed by atoms with Crippen molar-refractivity contribution in [1.29, 1.82) is 0 Å². The van der Waals surface area contributed by atoms with E-state index in [0.29, 0.717) is 29.4 Å². The summed E-state index contributed by atoms with van der Waals surface area (Å²) in [7, 11) is 1.61. The van der Waals surface area contributed by atoms with E-state index in [9.17, 15) is 23.9 Å². The Hall–Kier alpha value is -3.27. The molecule has 0 spiro atoms. The van der Waals surface area contributed by atoms with E-state index in [2.05, 4.69) is 26.3 Å². The van der Waals surface area contributed by atoms with E-state index in [0.717, 1.165) is 11.3 Å². The second-order valence-electron chi connectivity index (χ2n) is 8.91. The molecular weight excluding hydrogens is 519 g/mol. The molecule has 0 saturated carbocycles. The van der Waals surface area contributed by atoms with Crippen LogP contribution in [0.15, 0.2) is 58.1 Å². The number of carboxylic acid groups (broad SMARTS) is 1. The molecule has 0 radical (unpaired) electrons. The number of aryl methyl sites for hydroxylation is 1. The van der Waals surface area contributed by atoms with Crippen LogP contribution in [0.25, 0.3) is 0 Å². The van der Waals surface area contributed by atoms with Crippen LogP contribution in [0.1, 0.15) is 24.0 Å². The van der Waals surface area contributed by atoms with Gasteiger partial charge in [0, 0.05) is 31.0 Å². The summed E-state index contributed by atoms with van der Waals surface area (Å²) in [5, 5.41) is 17.4. The fourth-order valence-electron chi connectivity index (χ4n) is 4.87. The maximum atomic E-state index is 14.3. The molecule has 2 aromatic carbocycles. The van der Waals surface area contributed by atoms with Gasteiger partial charge in [-0.05, 0) is 42.5 Å². The molecule has 0 aliphatic carbocycles. The Morgan fingerprint density at radius 1 is 1.26 bits per heavy atom. The Morgan fingerprint density at radius 3 is 2.69 bits per heavy atom. The highest BCUT2D eigenvalue weighted by Crippen LogP contribution is 2.38. The van der Waals surface area contributed by atoms with Crippen LogP contribution in [-0.2, 0) is 22.4 Å². The highest BCUT2D eigenvalue weighted by atomic mass is 79.9. The lowest BCUT2D eigenvalue weighted by Crippen LogP contribution is -2.58. The quantitative estimate of drug-likeness (QED) is 0.557. The van der Waals surface area contributed by atoms with Gasteiger partial charge in [0.1, 0.15) is 17.3 Å². The van der Waals surface area contributed by atoms with Crippen LogP contribution in [-0.4, -0.2) is 64.8 Å². The van der Waals surface area contributed by atoms with E-state index in [-0.39, 0.29) is 25.3 Å². The standard InChI is InChI=1S/C25H26BrFN4O4/c1-30-23(33)25(14-16-5-3-2-4-6-16)15-31(12-11-21(25)29-30)22(32)20(28-24(34)35)10-8-17-7-9-18(26)13-19(17)27/h2-7,9,13,20,28H,8,10-12,14-15H2,1H3,(H,34,35)/t20?,25-/m1/s1. The van der Waals surface area contributed by atoms with E-state index in [1.54, 1.807) is 19.2 Å². The minimum Gasteiger partial charge on any atom is -0.465 e. The molecule has 1 fully saturated rings. The number of nitrogens with one attached hydrogen (secondary N) is 1. The molecule has 2 atom stereocenters. The van der Waals surface area contributed by atoms with Gasteiger partial charge >= 0.3 is 6.09 Å². The molecule has 0 bridgehead atoms. The Kier molecular flexibility index (Phi) is 7.20. The van der Waals surface area contributed by atoms with Crippen LogP contribution in [0.2, 0.25) is 0 Å². The Labute approximate surface area is 210 Å². The third kappa shape index (κ3) is 5.22. The number of nitrogens with zero attached hydrogens (tertiary/aromatic N) is 3. The van der Waals surface area contributed by atoms with Crippen LogP contribution in [0, 0.1) is 11.2 Å². The number of benzene rings is 2. The number of hydrogen-bond donors (Lipinski definition) is 2. The summed E-state index contributed by atoms with van der Waals surface area (Å²) in [5.41, 5.74) is 1.08. The van der Waals surface area contributed by atoms with E-state index in [1.807, 2.05) is 30.3 Å². The number of amides is 3. The molecule has 2 N–H and O–H groups in total. The van der Waals surface area contributed by atoms with Crippen molar-refractivity contribution in [3.05, 3.63) is 69.9 Å². The number of hydrogen-bond acceptors (Lipinski definition) is 4. The summed E-state index contributed by atoms with van der Waals surface area (Å²) >= 11 is 3.21. The van der Waals surface area contributed by atoms with Crippen LogP contribution in [0.3, 0.4) is 0 Å². The predicted octanol–water partition coefficient (Wildman–Crippen LogP) is 3.45. The first-order valence-corrected chi connectivity index (χ1v) is 12.1. The zero-order chi connectivity index (χ0) is 25.2. The molecule has 2 heterocycles. The van der Waals surface area contributed by atoms with Gasteiger partial charge in [0.2, 0.25) is 5.91 Å². The SMILES string of the molecule is CN1N=C2CCN(C(=O)C(CCc3ccc(Br)cc3F)NC(=O)O)C[C@@]2(Cc2ccccc2)C1=O. The number of hydrazone groups is 1. The summed E-state index contributed by atoms with van der Waals surface area (Å²) in [6.45, 7) is 0.424. The van der Waals surface area contributed by atoms with Crippen molar-refractivity contribution in [3.8, 4) is 0 Å². The normalized spacial score (nSPS) is 20.3. The number of carbonyl (C=O) groups is 3. The average molecular weight is 545 g/mol. The maximum absolute atomic E-state index is 14.3. The van der Waals surface area contributed by atoms with Crippen LogP contribution in [0.4, 0.5) is 9.18 Å². The monoisotopic (exact) mass is 544 g/mol. The van der Waals surface area contributed by atoms with Crippen molar-refractivity contribution in [2.24, 2.45) is 10.5 Å². The minimum atomic E-state index is -1.34. The van der Waals surface area contributed by atoms with Gasteiger partial charge in [0.25, 0.3) is 5.91 Å². The number of rotatable bonds is 7. The van der Waals surface area contributed by atoms with Crippen molar-refractivity contribution >= 4 is 39.5 Å². The summed E-state index contributed by atoms with van der Waals surface area (Å²) < 4.78 is 14.9. The fraction of sp³-hybridized carbons (Fsp3) is 0.360. The molecule has 0 aromatic heterocycles. The first kappa shape index (κ1) is 24.8. The van der Waals surface area contributed by atoms with Gasteiger partial charge in [0.15, 0.2) is 0 Å². The van der Waals surface area contributed by atoms with Gasteiger partial charge in [-0.2, -0.15) is 5.10 Å². The van der Waals surface area contributed by atoms with E-state index in [4.69, 9.17) is 0 Å². The van der Waals surface area contributed by atoms with Gasteiger partial charge in [-0.1, -0.05) is 52.3 Å². The van der Waals surface area contributed by atoms with Gasteiger partial charge < -0.3 is 15.3 Å². The summed E-state index contributed by atoms with van der Waals surface area (Å²) in [4.78, 5) is 39.8. The fourth-order valence-corrected chi connectivity index (χ4v) is 5.20. The Bertz CT molecular complexity index is 1180. The zero-order valence-corrected chi connectivity index (χ0v) is 20.8. The predicted molar refractivity (Wildman–Crippen MR) is 131 cm³/mol. The van der Waals surface area contributed by atoms with Gasteiger partial charge in [-0.3, -0.25) is 9.59 Å². The molecule has 1 unspecified atom stereocenters. The third-order valence-corrected chi connectivity index (χ3v) is 7.07. The summed E-state index contributed by atoms with van der Waals surface area (Å²) in [5.74, 6) is -1.05. The van der Waals surface area contributed by atoms with Gasteiger partial charge in [-0.25, -0.2) is 14.2 Å². The second-order valence-corrected chi connectivity index (χ2v) is 9.82. The lowest BCUT2D eigenvalue weighted by atomic mass is 9.73. The summed E-state index contributed by atoms with van der Waals surface area (Å²) in [6, 6.07) is 13.1. The molecule has 2 aromatic rings. The number of likely N-dealkylation sites (tertiary alicyclic amines) is 1. The topological polar surface area (TPSA) is 102 Å². The zero-order valence-electron chi connectivity index (χ0n) is 19.2. The molecule has 2 aliphatic heterocycles. The van der Waals surface area contributed by atoms with E-state index in [1.165, 1.54) is 16.0 Å². The molecular formula is C25H26BrFN4O4. The highest BCUT2D eigenvalue weighted by Gasteiger charge is 2.53. The maximum Gasteiger partial charge on any atom is 0.405 e. The van der Waals surface area contributed by atoms with Crippen molar-refractivity contribution in [3.63, 3.8) is 0 Å². The van der Waals surface area contributed by atoms with Crippen LogP contribution in [0.5, 0.6) is 0 Å². The molecule has 1 saturated heterocycles. The second kappa shape index (κ2) is 10.2. The largest absolute Gasteiger partial charge is 0.465 e. The smallest absolute Gasteiger partial charge is 0.405 e. The van der Waals surface area contributed by atoms with Crippen molar-refractivity contribution in [2.45, 2.75) is 31.7 Å². The Morgan fingerprint density at radius 2 is 2.00 bits per heavy atom. The number of carbonyl (C=O) groups excluding carboxylic acids is 2. The molecule has 4 rings (SSSR count). The molecule has 3 amide bonds. The van der Waals surface area contributed by atoms with Gasteiger partial charge in [0.05, 0.1) is 5.71 Å². The van der Waals surface area contributed by atoms with Crippen LogP contribution < -0.4 is 5.32 Å². The number of halogens is 2. The number of piperidine rings is 1. The van der Waals surface area contributed by atoms with E-state index >= 15 is 0 Å². The molecule has 10 heteroatoms. The van der Waals surface area contributed by atoms with Gasteiger partial charge in [-0.15, -0.1) is 0 Å². The lowest BCUT2D eigenvalue weighted by molar-refractivity contribution is -0.140. The van der Waals surface area contributed by atoms with Crippen molar-refractivity contribution < 1.29 is 23.9 Å². The summed E-state index contributed by atoms with van der Waals surface area (Å²) in [6.07, 6.45) is -0.278. The van der Waals surface area contributed by atoms with Crippen molar-refractivity contribution in [2.75, 3.05) is 20.1 Å².